The van der Waals surface area contributed by atoms with Gasteiger partial charge < -0.3 is 10.1 Å². The predicted molar refractivity (Wildman–Crippen MR) is 81.1 cm³/mol. The second kappa shape index (κ2) is 6.12. The smallest absolute Gasteiger partial charge is 0.0841 e. The van der Waals surface area contributed by atoms with Crippen LogP contribution >= 0.6 is 11.6 Å². The first-order chi connectivity index (χ1) is 9.78. The van der Waals surface area contributed by atoms with Crippen LogP contribution in [0.4, 0.5) is 0 Å². The number of aromatic nitrogens is 2. The lowest BCUT2D eigenvalue weighted by atomic mass is 10.2. The number of benzene rings is 1. The van der Waals surface area contributed by atoms with Gasteiger partial charge in [-0.1, -0.05) is 11.6 Å². The second-order valence-electron chi connectivity index (χ2n) is 5.33. The average Bonchev–Trinajstić information content (AvgIpc) is 3.21. The van der Waals surface area contributed by atoms with Crippen molar-refractivity contribution in [1.29, 1.82) is 0 Å². The van der Waals surface area contributed by atoms with Gasteiger partial charge in [0.15, 0.2) is 0 Å². The average molecular weight is 294 g/mol. The molecule has 20 heavy (non-hydrogen) atoms. The highest BCUT2D eigenvalue weighted by Crippen LogP contribution is 2.25. The maximum absolute atomic E-state index is 6.12. The van der Waals surface area contributed by atoms with Crippen LogP contribution in [-0.4, -0.2) is 29.5 Å². The minimum atomic E-state index is 0.683. The fourth-order valence-electron chi connectivity index (χ4n) is 2.41. The molecule has 1 aliphatic rings. The van der Waals surface area contributed by atoms with Crippen molar-refractivity contribution in [2.45, 2.75) is 38.4 Å². The van der Waals surface area contributed by atoms with Gasteiger partial charge in [0.2, 0.25) is 0 Å². The van der Waals surface area contributed by atoms with E-state index in [4.69, 9.17) is 21.4 Å². The summed E-state index contributed by atoms with van der Waals surface area (Å²) in [6.45, 7) is 2.44. The van der Waals surface area contributed by atoms with Crippen molar-refractivity contribution in [2.24, 2.45) is 0 Å². The molecular formula is C15H20ClN3O. The van der Waals surface area contributed by atoms with Gasteiger partial charge in [-0.15, -0.1) is 0 Å². The zero-order valence-electron chi connectivity index (χ0n) is 11.7. The molecule has 5 heteroatoms. The number of methoxy groups -OCH3 is 1. The Hall–Kier alpha value is -1.10. The summed E-state index contributed by atoms with van der Waals surface area (Å²) in [6.07, 6.45) is 3.53. The van der Waals surface area contributed by atoms with Gasteiger partial charge in [-0.05, 0) is 37.5 Å². The number of nitrogens with zero attached hydrogens (tertiary/aromatic N) is 2. The van der Waals surface area contributed by atoms with E-state index < -0.39 is 0 Å². The Balaban J connectivity index is 1.84. The van der Waals surface area contributed by atoms with E-state index in [2.05, 4.69) is 16.1 Å². The van der Waals surface area contributed by atoms with Gasteiger partial charge in [0.05, 0.1) is 11.2 Å². The van der Waals surface area contributed by atoms with Crippen LogP contribution in [0.1, 0.15) is 25.0 Å². The molecule has 0 atom stereocenters. The van der Waals surface area contributed by atoms with Gasteiger partial charge in [-0.3, -0.25) is 4.68 Å². The molecule has 1 fully saturated rings. The van der Waals surface area contributed by atoms with E-state index in [1.807, 2.05) is 12.1 Å². The molecule has 4 nitrogen and oxygen atoms in total. The highest BCUT2D eigenvalue weighted by Gasteiger charge is 2.21. The number of hydrogen-bond acceptors (Lipinski definition) is 3. The lowest BCUT2D eigenvalue weighted by Gasteiger charge is -2.02. The van der Waals surface area contributed by atoms with Crippen molar-refractivity contribution in [1.82, 2.24) is 15.1 Å². The quantitative estimate of drug-likeness (QED) is 0.798. The van der Waals surface area contributed by atoms with Crippen LogP contribution < -0.4 is 5.32 Å². The van der Waals surface area contributed by atoms with Crippen LogP contribution in [0.2, 0.25) is 5.02 Å². The van der Waals surface area contributed by atoms with E-state index in [9.17, 15) is 0 Å². The van der Waals surface area contributed by atoms with E-state index >= 15 is 0 Å². The molecular weight excluding hydrogens is 274 g/mol. The molecule has 1 heterocycles. The molecule has 0 spiro atoms. The minimum Gasteiger partial charge on any atom is -0.385 e. The lowest BCUT2D eigenvalue weighted by molar-refractivity contribution is 0.189. The maximum Gasteiger partial charge on any atom is 0.0841 e. The first-order valence-electron chi connectivity index (χ1n) is 7.15. The zero-order chi connectivity index (χ0) is 13.9. The molecule has 1 aromatic heterocycles. The largest absolute Gasteiger partial charge is 0.385 e. The highest BCUT2D eigenvalue weighted by molar-refractivity contribution is 6.31. The fraction of sp³-hybridized carbons (Fsp3) is 0.533. The van der Waals surface area contributed by atoms with E-state index in [0.29, 0.717) is 6.04 Å². The van der Waals surface area contributed by atoms with Crippen molar-refractivity contribution in [3.8, 4) is 0 Å². The second-order valence-corrected chi connectivity index (χ2v) is 5.77. The van der Waals surface area contributed by atoms with E-state index in [0.717, 1.165) is 47.7 Å². The normalized spacial score (nSPS) is 15.1. The summed E-state index contributed by atoms with van der Waals surface area (Å²) in [7, 11) is 1.73. The van der Waals surface area contributed by atoms with Crippen molar-refractivity contribution < 1.29 is 4.74 Å². The molecule has 1 aromatic carbocycles. The summed E-state index contributed by atoms with van der Waals surface area (Å²) in [4.78, 5) is 0. The monoisotopic (exact) mass is 293 g/mol. The standard InChI is InChI=1S/C15H20ClN3O/c1-20-8-2-7-19-15-6-3-11(16)9-13(15)14(18-19)10-17-12-4-5-12/h3,6,9,12,17H,2,4-5,7-8,10H2,1H3. The Kier molecular flexibility index (Phi) is 4.24. The summed E-state index contributed by atoms with van der Waals surface area (Å²) in [6, 6.07) is 6.68. The Morgan fingerprint density at radius 1 is 1.45 bits per heavy atom. The molecule has 0 aliphatic heterocycles. The number of nitrogens with one attached hydrogen (secondary N) is 1. The summed E-state index contributed by atoms with van der Waals surface area (Å²) >= 11 is 6.12. The molecule has 0 radical (unpaired) electrons. The third kappa shape index (κ3) is 3.14. The number of halogens is 1. The fourth-order valence-corrected chi connectivity index (χ4v) is 2.58. The SMILES string of the molecule is COCCCn1nc(CNC2CC2)c2cc(Cl)ccc21. The summed E-state index contributed by atoms with van der Waals surface area (Å²) in [5, 5.41) is 10.2. The number of ether oxygens (including phenoxy) is 1. The first kappa shape index (κ1) is 13.9. The van der Waals surface area contributed by atoms with Crippen LogP contribution in [0, 0.1) is 0 Å². The summed E-state index contributed by atoms with van der Waals surface area (Å²) < 4.78 is 7.18. The van der Waals surface area contributed by atoms with Crippen LogP contribution in [0.5, 0.6) is 0 Å². The molecule has 0 bridgehead atoms. The van der Waals surface area contributed by atoms with Gasteiger partial charge in [0.25, 0.3) is 0 Å². The molecule has 0 saturated heterocycles. The number of fused-ring (bicyclic) bond motifs is 1. The Bertz CT molecular complexity index is 592. The first-order valence-corrected chi connectivity index (χ1v) is 7.53. The third-order valence-electron chi connectivity index (χ3n) is 3.64. The minimum absolute atomic E-state index is 0.683. The molecule has 0 amide bonds. The highest BCUT2D eigenvalue weighted by atomic mass is 35.5. The Labute approximate surface area is 124 Å². The van der Waals surface area contributed by atoms with Crippen molar-refractivity contribution in [3.63, 3.8) is 0 Å². The lowest BCUT2D eigenvalue weighted by Crippen LogP contribution is -2.16. The molecule has 3 rings (SSSR count). The van der Waals surface area contributed by atoms with Crippen molar-refractivity contribution in [2.75, 3.05) is 13.7 Å². The van der Waals surface area contributed by atoms with Gasteiger partial charge >= 0.3 is 0 Å². The third-order valence-corrected chi connectivity index (χ3v) is 3.88. The summed E-state index contributed by atoms with van der Waals surface area (Å²) in [5.74, 6) is 0. The van der Waals surface area contributed by atoms with Crippen LogP contribution in [0.25, 0.3) is 10.9 Å². The van der Waals surface area contributed by atoms with Gasteiger partial charge in [0, 0.05) is 43.3 Å². The molecule has 0 unspecified atom stereocenters. The zero-order valence-corrected chi connectivity index (χ0v) is 12.5. The van der Waals surface area contributed by atoms with Crippen molar-refractivity contribution in [3.05, 3.63) is 28.9 Å². The topological polar surface area (TPSA) is 39.1 Å². The van der Waals surface area contributed by atoms with Crippen LogP contribution in [0.15, 0.2) is 18.2 Å². The molecule has 2 aromatic rings. The molecule has 1 N–H and O–H groups in total. The maximum atomic E-state index is 6.12. The molecule has 1 aliphatic carbocycles. The van der Waals surface area contributed by atoms with Gasteiger partial charge in [0.1, 0.15) is 0 Å². The van der Waals surface area contributed by atoms with E-state index in [1.54, 1.807) is 7.11 Å². The van der Waals surface area contributed by atoms with Gasteiger partial charge in [-0.25, -0.2) is 0 Å². The number of rotatable bonds is 7. The number of aryl methyl sites for hydroxylation is 1. The van der Waals surface area contributed by atoms with Crippen LogP contribution in [-0.2, 0) is 17.8 Å². The van der Waals surface area contributed by atoms with Crippen molar-refractivity contribution >= 4 is 22.5 Å². The van der Waals surface area contributed by atoms with E-state index in [1.165, 1.54) is 12.8 Å². The van der Waals surface area contributed by atoms with Gasteiger partial charge in [-0.2, -0.15) is 5.10 Å². The van der Waals surface area contributed by atoms with Crippen LogP contribution in [0.3, 0.4) is 0 Å². The number of hydrogen-bond donors (Lipinski definition) is 1. The Morgan fingerprint density at radius 3 is 3.05 bits per heavy atom. The molecule has 1 saturated carbocycles. The predicted octanol–water partition coefficient (Wildman–Crippen LogP) is 2.98. The Morgan fingerprint density at radius 2 is 2.30 bits per heavy atom. The van der Waals surface area contributed by atoms with E-state index in [-0.39, 0.29) is 0 Å². The summed E-state index contributed by atoms with van der Waals surface area (Å²) in [5.41, 5.74) is 2.24. The molecule has 108 valence electrons.